The van der Waals surface area contributed by atoms with Crippen LogP contribution in [-0.4, -0.2) is 50.8 Å². The Hall–Kier alpha value is -0.120. The molecule has 0 spiro atoms. The van der Waals surface area contributed by atoms with Crippen molar-refractivity contribution in [1.29, 1.82) is 0 Å². The molecule has 1 aliphatic heterocycles. The van der Waals surface area contributed by atoms with Gasteiger partial charge in [0.25, 0.3) is 0 Å². The van der Waals surface area contributed by atoms with Crippen molar-refractivity contribution >= 4 is 0 Å². The largest absolute Gasteiger partial charge is 0.378 e. The fourth-order valence-electron chi connectivity index (χ4n) is 2.51. The highest BCUT2D eigenvalue weighted by atomic mass is 16.5. The maximum Gasteiger partial charge on any atom is 0.0576 e. The van der Waals surface area contributed by atoms with Gasteiger partial charge < -0.3 is 15.0 Å². The summed E-state index contributed by atoms with van der Waals surface area (Å²) in [6, 6.07) is 0.645. The smallest absolute Gasteiger partial charge is 0.0576 e. The second-order valence-corrected chi connectivity index (χ2v) is 5.48. The molecular weight excluding hydrogens is 212 g/mol. The average molecular weight is 242 g/mol. The van der Waals surface area contributed by atoms with Crippen LogP contribution < -0.4 is 5.32 Å². The van der Waals surface area contributed by atoms with Gasteiger partial charge in [-0.2, -0.15) is 0 Å². The first-order chi connectivity index (χ1) is 8.22. The van der Waals surface area contributed by atoms with Crippen molar-refractivity contribution in [2.24, 2.45) is 0 Å². The molecule has 1 aliphatic rings. The molecule has 2 unspecified atom stereocenters. The third kappa shape index (κ3) is 7.02. The highest BCUT2D eigenvalue weighted by Gasteiger charge is 2.16. The summed E-state index contributed by atoms with van der Waals surface area (Å²) in [4.78, 5) is 2.28. The lowest BCUT2D eigenvalue weighted by atomic mass is 10.0. The van der Waals surface area contributed by atoms with Crippen LogP contribution in [-0.2, 0) is 4.74 Å². The Balaban J connectivity index is 2.12. The Morgan fingerprint density at radius 1 is 1.41 bits per heavy atom. The summed E-state index contributed by atoms with van der Waals surface area (Å²) in [5.41, 5.74) is 0. The van der Waals surface area contributed by atoms with Gasteiger partial charge in [-0.3, -0.25) is 0 Å². The second kappa shape index (κ2) is 8.90. The SMILES string of the molecule is CCCNC(CCCC1CCCO1)CN(C)C. The van der Waals surface area contributed by atoms with Gasteiger partial charge in [-0.1, -0.05) is 6.92 Å². The van der Waals surface area contributed by atoms with Crippen LogP contribution in [0.15, 0.2) is 0 Å². The second-order valence-electron chi connectivity index (χ2n) is 5.48. The van der Waals surface area contributed by atoms with E-state index < -0.39 is 0 Å². The van der Waals surface area contributed by atoms with E-state index in [-0.39, 0.29) is 0 Å². The molecule has 0 bridgehead atoms. The zero-order valence-electron chi connectivity index (χ0n) is 11.9. The fourth-order valence-corrected chi connectivity index (χ4v) is 2.51. The first kappa shape index (κ1) is 14.9. The van der Waals surface area contributed by atoms with Crippen molar-refractivity contribution < 1.29 is 4.74 Å². The molecule has 1 N–H and O–H groups in total. The molecule has 0 aromatic rings. The highest BCUT2D eigenvalue weighted by Crippen LogP contribution is 2.18. The number of nitrogens with zero attached hydrogens (tertiary/aromatic N) is 1. The quantitative estimate of drug-likeness (QED) is 0.671. The van der Waals surface area contributed by atoms with Crippen molar-refractivity contribution in [3.63, 3.8) is 0 Å². The molecule has 0 amide bonds. The van der Waals surface area contributed by atoms with Crippen LogP contribution in [0.2, 0.25) is 0 Å². The van der Waals surface area contributed by atoms with Gasteiger partial charge in [-0.05, 0) is 59.2 Å². The summed E-state index contributed by atoms with van der Waals surface area (Å²) in [5.74, 6) is 0. The molecule has 102 valence electrons. The van der Waals surface area contributed by atoms with Crippen LogP contribution in [0.4, 0.5) is 0 Å². The van der Waals surface area contributed by atoms with Crippen molar-refractivity contribution in [3.05, 3.63) is 0 Å². The molecule has 0 radical (unpaired) electrons. The molecule has 3 nitrogen and oxygen atoms in total. The van der Waals surface area contributed by atoms with Crippen LogP contribution in [0.1, 0.15) is 45.4 Å². The molecule has 3 heteroatoms. The Bertz CT molecular complexity index is 179. The standard InChI is InChI=1S/C14H30N2O/c1-4-10-15-13(12-16(2)3)7-5-8-14-9-6-11-17-14/h13-15H,4-12H2,1-3H3. The summed E-state index contributed by atoms with van der Waals surface area (Å²) in [5, 5.41) is 3.64. The van der Waals surface area contributed by atoms with Crippen molar-refractivity contribution in [2.45, 2.75) is 57.6 Å². The van der Waals surface area contributed by atoms with Gasteiger partial charge in [0, 0.05) is 19.2 Å². The van der Waals surface area contributed by atoms with E-state index in [1.165, 1.54) is 38.5 Å². The number of ether oxygens (including phenoxy) is 1. The van der Waals surface area contributed by atoms with E-state index in [0.29, 0.717) is 12.1 Å². The minimum Gasteiger partial charge on any atom is -0.378 e. The minimum absolute atomic E-state index is 0.557. The molecule has 0 aliphatic carbocycles. The number of hydrogen-bond acceptors (Lipinski definition) is 3. The maximum atomic E-state index is 5.67. The first-order valence-electron chi connectivity index (χ1n) is 7.22. The number of hydrogen-bond donors (Lipinski definition) is 1. The number of likely N-dealkylation sites (N-methyl/N-ethyl adjacent to an activating group) is 1. The summed E-state index contributed by atoms with van der Waals surface area (Å²) >= 11 is 0. The van der Waals surface area contributed by atoms with Crippen molar-refractivity contribution in [2.75, 3.05) is 33.8 Å². The van der Waals surface area contributed by atoms with E-state index in [9.17, 15) is 0 Å². The molecule has 0 aromatic carbocycles. The third-order valence-electron chi connectivity index (χ3n) is 3.37. The van der Waals surface area contributed by atoms with Gasteiger partial charge in [0.15, 0.2) is 0 Å². The Morgan fingerprint density at radius 3 is 2.82 bits per heavy atom. The van der Waals surface area contributed by atoms with Gasteiger partial charge in [0.05, 0.1) is 6.10 Å². The molecule has 1 fully saturated rings. The zero-order chi connectivity index (χ0) is 12.5. The predicted molar refractivity (Wildman–Crippen MR) is 73.5 cm³/mol. The van der Waals surface area contributed by atoms with Crippen LogP contribution in [0.25, 0.3) is 0 Å². The van der Waals surface area contributed by atoms with E-state index in [2.05, 4.69) is 31.2 Å². The van der Waals surface area contributed by atoms with Crippen molar-refractivity contribution in [3.8, 4) is 0 Å². The monoisotopic (exact) mass is 242 g/mol. The van der Waals surface area contributed by atoms with Gasteiger partial charge in [-0.25, -0.2) is 0 Å². The van der Waals surface area contributed by atoms with E-state index in [1.54, 1.807) is 0 Å². The molecular formula is C14H30N2O. The molecule has 2 atom stereocenters. The van der Waals surface area contributed by atoms with Gasteiger partial charge in [-0.15, -0.1) is 0 Å². The summed E-state index contributed by atoms with van der Waals surface area (Å²) in [6.45, 7) is 5.50. The molecule has 17 heavy (non-hydrogen) atoms. The third-order valence-corrected chi connectivity index (χ3v) is 3.37. The Kier molecular flexibility index (Phi) is 7.82. The van der Waals surface area contributed by atoms with Crippen LogP contribution in [0.3, 0.4) is 0 Å². The highest BCUT2D eigenvalue weighted by molar-refractivity contribution is 4.72. The molecule has 1 rings (SSSR count). The lowest BCUT2D eigenvalue weighted by Gasteiger charge is -2.22. The van der Waals surface area contributed by atoms with E-state index in [1.807, 2.05) is 0 Å². The summed E-state index contributed by atoms with van der Waals surface area (Å²) in [7, 11) is 4.31. The van der Waals surface area contributed by atoms with E-state index >= 15 is 0 Å². The predicted octanol–water partition coefficient (Wildman–Crippen LogP) is 2.27. The fraction of sp³-hybridized carbons (Fsp3) is 1.00. The number of rotatable bonds is 9. The van der Waals surface area contributed by atoms with Gasteiger partial charge in [0.2, 0.25) is 0 Å². The Labute approximate surface area is 107 Å². The van der Waals surface area contributed by atoms with E-state index in [4.69, 9.17) is 4.74 Å². The first-order valence-corrected chi connectivity index (χ1v) is 7.22. The molecule has 1 heterocycles. The summed E-state index contributed by atoms with van der Waals surface area (Å²) < 4.78 is 5.67. The van der Waals surface area contributed by atoms with E-state index in [0.717, 1.165) is 19.7 Å². The van der Waals surface area contributed by atoms with Gasteiger partial charge >= 0.3 is 0 Å². The number of nitrogens with one attached hydrogen (secondary N) is 1. The Morgan fingerprint density at radius 2 is 2.24 bits per heavy atom. The molecule has 0 saturated carbocycles. The minimum atomic E-state index is 0.557. The summed E-state index contributed by atoms with van der Waals surface area (Å²) in [6.07, 6.45) is 8.13. The lowest BCUT2D eigenvalue weighted by Crippen LogP contribution is -2.38. The van der Waals surface area contributed by atoms with Crippen LogP contribution in [0.5, 0.6) is 0 Å². The van der Waals surface area contributed by atoms with Gasteiger partial charge in [0.1, 0.15) is 0 Å². The molecule has 1 saturated heterocycles. The topological polar surface area (TPSA) is 24.5 Å². The van der Waals surface area contributed by atoms with Crippen molar-refractivity contribution in [1.82, 2.24) is 10.2 Å². The van der Waals surface area contributed by atoms with Crippen LogP contribution >= 0.6 is 0 Å². The zero-order valence-corrected chi connectivity index (χ0v) is 11.9. The lowest BCUT2D eigenvalue weighted by molar-refractivity contribution is 0.101. The van der Waals surface area contributed by atoms with Crippen LogP contribution in [0, 0.1) is 0 Å². The normalized spacial score (nSPS) is 22.2. The molecule has 0 aromatic heterocycles. The maximum absolute atomic E-state index is 5.67. The average Bonchev–Trinajstić information content (AvgIpc) is 2.78.